The summed E-state index contributed by atoms with van der Waals surface area (Å²) in [5.74, 6) is 0.210. The van der Waals surface area contributed by atoms with Crippen LogP contribution < -0.4 is 15.5 Å². The number of halogens is 4. The minimum Gasteiger partial charge on any atom is -0.497 e. The molecule has 2 N–H and O–H groups in total. The topological polar surface area (TPSA) is 55.3 Å². The van der Waals surface area contributed by atoms with Crippen LogP contribution in [0.1, 0.15) is 22.9 Å². The molecule has 10 heteroatoms. The molecule has 1 aliphatic heterocycles. The number of ether oxygens (including phenoxy) is 1. The molecule has 0 saturated heterocycles. The van der Waals surface area contributed by atoms with E-state index < -0.39 is 28.9 Å². The van der Waals surface area contributed by atoms with Crippen LogP contribution in [-0.4, -0.2) is 22.9 Å². The second kappa shape index (κ2) is 8.63. The Morgan fingerprint density at radius 2 is 1.88 bits per heavy atom. The lowest BCUT2D eigenvalue weighted by molar-refractivity contribution is -0.137. The number of benzene rings is 2. The van der Waals surface area contributed by atoms with E-state index in [1.54, 1.807) is 19.2 Å². The highest BCUT2D eigenvalue weighted by atomic mass is 35.5. The molecule has 2 heterocycles. The largest absolute Gasteiger partial charge is 0.497 e. The Hall–Kier alpha value is -2.78. The van der Waals surface area contributed by atoms with E-state index in [2.05, 4.69) is 10.7 Å². The summed E-state index contributed by atoms with van der Waals surface area (Å²) < 4.78 is 46.5. The van der Waals surface area contributed by atoms with Crippen molar-refractivity contribution < 1.29 is 22.7 Å². The quantitative estimate of drug-likeness (QED) is 0.489. The smallest absolute Gasteiger partial charge is 0.416 e. The van der Waals surface area contributed by atoms with Gasteiger partial charge in [0, 0.05) is 5.69 Å². The van der Waals surface area contributed by atoms with Gasteiger partial charge in [0.1, 0.15) is 11.0 Å². The monoisotopic (exact) mass is 481 g/mol. The van der Waals surface area contributed by atoms with Gasteiger partial charge >= 0.3 is 6.18 Å². The van der Waals surface area contributed by atoms with Gasteiger partial charge in [-0.05, 0) is 55.0 Å². The van der Waals surface area contributed by atoms with Gasteiger partial charge in [0.15, 0.2) is 0 Å². The summed E-state index contributed by atoms with van der Waals surface area (Å²) in [5, 5.41) is 2.77. The van der Waals surface area contributed by atoms with E-state index in [0.29, 0.717) is 5.75 Å². The summed E-state index contributed by atoms with van der Waals surface area (Å²) in [6, 6.07) is 13.5. The number of aryl methyl sites for hydroxylation is 1. The summed E-state index contributed by atoms with van der Waals surface area (Å²) in [7, 11) is 1.56. The average molecular weight is 482 g/mol. The average Bonchev–Trinajstić information content (AvgIpc) is 3.13. The third-order valence-electron chi connectivity index (χ3n) is 5.14. The number of anilines is 1. The zero-order valence-corrected chi connectivity index (χ0v) is 18.6. The zero-order valence-electron chi connectivity index (χ0n) is 17.0. The fourth-order valence-corrected chi connectivity index (χ4v) is 4.84. The van der Waals surface area contributed by atoms with E-state index in [1.165, 1.54) is 11.8 Å². The second-order valence-electron chi connectivity index (χ2n) is 7.25. The molecule has 4 rings (SSSR count). The Balaban J connectivity index is 1.67. The number of aromatic nitrogens is 1. The van der Waals surface area contributed by atoms with Gasteiger partial charge in [-0.2, -0.15) is 13.2 Å². The van der Waals surface area contributed by atoms with Crippen LogP contribution >= 0.6 is 23.4 Å². The van der Waals surface area contributed by atoms with Gasteiger partial charge in [-0.25, -0.2) is 0 Å². The Morgan fingerprint density at radius 1 is 1.16 bits per heavy atom. The Kier molecular flexibility index (Phi) is 6.05. The van der Waals surface area contributed by atoms with Crippen LogP contribution in [0.5, 0.6) is 5.75 Å². The summed E-state index contributed by atoms with van der Waals surface area (Å²) in [6.45, 7) is 1.94. The van der Waals surface area contributed by atoms with Crippen molar-refractivity contribution in [3.05, 3.63) is 76.4 Å². The highest BCUT2D eigenvalue weighted by Crippen LogP contribution is 2.40. The SMILES string of the molecule is COc1ccc([C@H]2Nn3c(C)ccc3S[C@H]2C(=O)Nc2cc(C(F)(F)F)ccc2Cl)cc1. The van der Waals surface area contributed by atoms with E-state index in [4.69, 9.17) is 16.3 Å². The number of amides is 1. The number of carbonyl (C=O) groups is 1. The number of hydrogen-bond donors (Lipinski definition) is 2. The number of fused-ring (bicyclic) bond motifs is 1. The van der Waals surface area contributed by atoms with Crippen molar-refractivity contribution in [2.24, 2.45) is 0 Å². The maximum Gasteiger partial charge on any atom is 0.416 e. The summed E-state index contributed by atoms with van der Waals surface area (Å²) >= 11 is 7.40. The molecule has 5 nitrogen and oxygen atoms in total. The van der Waals surface area contributed by atoms with Gasteiger partial charge in [0.05, 0.1) is 34.5 Å². The highest BCUT2D eigenvalue weighted by molar-refractivity contribution is 8.00. The summed E-state index contributed by atoms with van der Waals surface area (Å²) in [5.41, 5.74) is 4.17. The van der Waals surface area contributed by atoms with E-state index in [1.807, 2.05) is 35.9 Å². The van der Waals surface area contributed by atoms with Crippen molar-refractivity contribution in [2.45, 2.75) is 29.4 Å². The van der Waals surface area contributed by atoms with Gasteiger partial charge in [0.2, 0.25) is 5.91 Å². The van der Waals surface area contributed by atoms with Crippen molar-refractivity contribution in [1.82, 2.24) is 4.68 Å². The molecule has 0 spiro atoms. The number of thioether (sulfide) groups is 1. The van der Waals surface area contributed by atoms with Crippen molar-refractivity contribution >= 4 is 35.0 Å². The highest BCUT2D eigenvalue weighted by Gasteiger charge is 2.37. The molecule has 3 aromatic rings. The molecule has 0 bridgehead atoms. The van der Waals surface area contributed by atoms with Crippen LogP contribution in [-0.2, 0) is 11.0 Å². The number of carbonyl (C=O) groups excluding carboxylic acids is 1. The minimum atomic E-state index is -4.55. The molecule has 0 aliphatic carbocycles. The van der Waals surface area contributed by atoms with Gasteiger partial charge < -0.3 is 15.5 Å². The lowest BCUT2D eigenvalue weighted by Gasteiger charge is -2.34. The van der Waals surface area contributed by atoms with Gasteiger partial charge in [0.25, 0.3) is 0 Å². The zero-order chi connectivity index (χ0) is 23.0. The van der Waals surface area contributed by atoms with Crippen LogP contribution in [0, 0.1) is 6.92 Å². The lowest BCUT2D eigenvalue weighted by atomic mass is 10.0. The first kappa shape index (κ1) is 22.4. The number of methoxy groups -OCH3 is 1. The van der Waals surface area contributed by atoms with Crippen LogP contribution in [0.2, 0.25) is 5.02 Å². The molecule has 1 amide bonds. The second-order valence-corrected chi connectivity index (χ2v) is 8.82. The molecule has 1 aliphatic rings. The maximum atomic E-state index is 13.3. The predicted octanol–water partition coefficient (Wildman–Crippen LogP) is 5.88. The van der Waals surface area contributed by atoms with E-state index in [0.717, 1.165) is 34.5 Å². The van der Waals surface area contributed by atoms with Crippen LogP contribution in [0.15, 0.2) is 59.6 Å². The first-order chi connectivity index (χ1) is 15.2. The van der Waals surface area contributed by atoms with Crippen molar-refractivity contribution in [2.75, 3.05) is 17.9 Å². The van der Waals surface area contributed by atoms with Gasteiger partial charge in [-0.15, -0.1) is 0 Å². The third-order valence-corrected chi connectivity index (χ3v) is 6.77. The minimum absolute atomic E-state index is 0.0281. The van der Waals surface area contributed by atoms with Crippen molar-refractivity contribution in [3.63, 3.8) is 0 Å². The maximum absolute atomic E-state index is 13.3. The Bertz CT molecular complexity index is 1150. The van der Waals surface area contributed by atoms with Crippen molar-refractivity contribution in [1.29, 1.82) is 0 Å². The number of rotatable bonds is 4. The lowest BCUT2D eigenvalue weighted by Crippen LogP contribution is -2.41. The first-order valence-corrected chi connectivity index (χ1v) is 10.9. The fraction of sp³-hybridized carbons (Fsp3) is 0.227. The number of alkyl halides is 3. The normalized spacial score (nSPS) is 17.9. The summed E-state index contributed by atoms with van der Waals surface area (Å²) in [4.78, 5) is 13.3. The molecule has 2 aromatic carbocycles. The predicted molar refractivity (Wildman–Crippen MR) is 119 cm³/mol. The number of nitrogens with one attached hydrogen (secondary N) is 2. The molecule has 0 unspecified atom stereocenters. The molecule has 0 radical (unpaired) electrons. The third kappa shape index (κ3) is 4.40. The van der Waals surface area contributed by atoms with E-state index in [9.17, 15) is 18.0 Å². The molecule has 168 valence electrons. The number of hydrogen-bond acceptors (Lipinski definition) is 4. The van der Waals surface area contributed by atoms with Crippen LogP contribution in [0.3, 0.4) is 0 Å². The van der Waals surface area contributed by atoms with E-state index >= 15 is 0 Å². The van der Waals surface area contributed by atoms with Gasteiger partial charge in [-0.3, -0.25) is 9.47 Å². The Labute approximate surface area is 191 Å². The fourth-order valence-electron chi connectivity index (χ4n) is 3.44. The standard InChI is InChI=1S/C22H19ClF3N3O2S/c1-12-3-10-18-29(12)28-19(13-4-7-15(31-2)8-5-13)20(32-18)21(30)27-17-11-14(22(24,25)26)6-9-16(17)23/h3-11,19-20,28H,1-2H3,(H,27,30)/t19-,20-/m1/s1. The van der Waals surface area contributed by atoms with E-state index in [-0.39, 0.29) is 10.7 Å². The molecule has 2 atom stereocenters. The van der Waals surface area contributed by atoms with Gasteiger partial charge in [-0.1, -0.05) is 35.5 Å². The molecule has 32 heavy (non-hydrogen) atoms. The first-order valence-electron chi connectivity index (χ1n) is 9.60. The van der Waals surface area contributed by atoms with Crippen LogP contribution in [0.4, 0.5) is 18.9 Å². The molecule has 1 aromatic heterocycles. The molecule has 0 fully saturated rings. The number of nitrogens with zero attached hydrogens (tertiary/aromatic N) is 1. The molecular formula is C22H19ClF3N3O2S. The van der Waals surface area contributed by atoms with Crippen molar-refractivity contribution in [3.8, 4) is 5.75 Å². The summed E-state index contributed by atoms with van der Waals surface area (Å²) in [6.07, 6.45) is -4.55. The van der Waals surface area contributed by atoms with Crippen LogP contribution in [0.25, 0.3) is 0 Å². The molecule has 0 saturated carbocycles. The Morgan fingerprint density at radius 3 is 2.53 bits per heavy atom. The molecular weight excluding hydrogens is 463 g/mol.